The van der Waals surface area contributed by atoms with E-state index in [4.69, 9.17) is 28.3 Å². The van der Waals surface area contributed by atoms with E-state index in [1.807, 2.05) is 6.92 Å². The lowest BCUT2D eigenvalue weighted by molar-refractivity contribution is -0.142. The summed E-state index contributed by atoms with van der Waals surface area (Å²) >= 11 is 11.9. The van der Waals surface area contributed by atoms with Gasteiger partial charge in [0.05, 0.1) is 11.6 Å². The van der Waals surface area contributed by atoms with E-state index in [9.17, 15) is 4.79 Å². The molecule has 0 bridgehead atoms. The maximum absolute atomic E-state index is 11.0. The van der Waals surface area contributed by atoms with Crippen molar-refractivity contribution < 1.29 is 9.90 Å². The Morgan fingerprint density at radius 3 is 2.84 bits per heavy atom. The minimum absolute atomic E-state index is 0.119. The van der Waals surface area contributed by atoms with Gasteiger partial charge in [0.15, 0.2) is 5.15 Å². The number of rotatable bonds is 3. The van der Waals surface area contributed by atoms with E-state index in [-0.39, 0.29) is 12.0 Å². The zero-order chi connectivity index (χ0) is 14.0. The molecule has 2 N–H and O–H groups in total. The molecule has 104 valence electrons. The quantitative estimate of drug-likeness (QED) is 0.835. The Bertz CT molecular complexity index is 471. The number of carbonyl (C=O) groups is 1. The molecule has 0 aliphatic heterocycles. The number of pyridine rings is 1. The summed E-state index contributed by atoms with van der Waals surface area (Å²) in [5.41, 5.74) is 1.67. The average molecular weight is 303 g/mol. The van der Waals surface area contributed by atoms with Gasteiger partial charge in [-0.05, 0) is 37.8 Å². The topological polar surface area (TPSA) is 62.2 Å². The monoisotopic (exact) mass is 302 g/mol. The summed E-state index contributed by atoms with van der Waals surface area (Å²) in [6.07, 6.45) is 3.22. The summed E-state index contributed by atoms with van der Waals surface area (Å²) in [6, 6.07) is 1.86. The van der Waals surface area contributed by atoms with Crippen LogP contribution in [0.3, 0.4) is 0 Å². The lowest BCUT2D eigenvalue weighted by Crippen LogP contribution is -2.31. The van der Waals surface area contributed by atoms with Crippen molar-refractivity contribution in [1.82, 2.24) is 4.98 Å². The standard InChI is InChI=1S/C13H16Cl2N2O2/c1-7-5-10(14)17-12(15)11(7)16-9-4-2-3-8(6-9)13(18)19/h5,8-9,16H,2-4,6H2,1H3,(H,18,19). The third-order valence-electron chi connectivity index (χ3n) is 3.51. The van der Waals surface area contributed by atoms with Crippen LogP contribution >= 0.6 is 23.2 Å². The van der Waals surface area contributed by atoms with E-state index in [0.29, 0.717) is 16.7 Å². The highest BCUT2D eigenvalue weighted by Gasteiger charge is 2.27. The summed E-state index contributed by atoms with van der Waals surface area (Å²) < 4.78 is 0. The number of aliphatic carboxylic acids is 1. The van der Waals surface area contributed by atoms with Crippen LogP contribution in [0.25, 0.3) is 0 Å². The van der Waals surface area contributed by atoms with Gasteiger partial charge in [0.25, 0.3) is 0 Å². The molecule has 1 aromatic heterocycles. The van der Waals surface area contributed by atoms with Gasteiger partial charge in [-0.2, -0.15) is 0 Å². The molecule has 0 aromatic carbocycles. The highest BCUT2D eigenvalue weighted by atomic mass is 35.5. The Morgan fingerprint density at radius 2 is 2.21 bits per heavy atom. The fourth-order valence-corrected chi connectivity index (χ4v) is 3.10. The normalized spacial score (nSPS) is 23.1. The summed E-state index contributed by atoms with van der Waals surface area (Å²) in [5.74, 6) is -0.992. The molecule has 1 aliphatic rings. The number of aryl methyl sites for hydroxylation is 1. The van der Waals surface area contributed by atoms with Crippen LogP contribution < -0.4 is 5.32 Å². The molecule has 0 saturated heterocycles. The molecular formula is C13H16Cl2N2O2. The van der Waals surface area contributed by atoms with E-state index >= 15 is 0 Å². The highest BCUT2D eigenvalue weighted by molar-refractivity contribution is 6.34. The molecule has 1 aromatic rings. The van der Waals surface area contributed by atoms with Gasteiger partial charge in [-0.15, -0.1) is 0 Å². The van der Waals surface area contributed by atoms with Crippen molar-refractivity contribution in [2.24, 2.45) is 5.92 Å². The molecule has 6 heteroatoms. The Morgan fingerprint density at radius 1 is 1.47 bits per heavy atom. The third kappa shape index (κ3) is 3.51. The molecule has 19 heavy (non-hydrogen) atoms. The number of nitrogens with one attached hydrogen (secondary N) is 1. The van der Waals surface area contributed by atoms with Crippen LogP contribution in [0.15, 0.2) is 6.07 Å². The largest absolute Gasteiger partial charge is 0.481 e. The summed E-state index contributed by atoms with van der Waals surface area (Å²) in [5, 5.41) is 13.1. The highest BCUT2D eigenvalue weighted by Crippen LogP contribution is 2.31. The zero-order valence-electron chi connectivity index (χ0n) is 10.6. The van der Waals surface area contributed by atoms with Crippen LogP contribution in [0, 0.1) is 12.8 Å². The summed E-state index contributed by atoms with van der Waals surface area (Å²) in [6.45, 7) is 1.90. The minimum Gasteiger partial charge on any atom is -0.481 e. The first-order chi connectivity index (χ1) is 8.97. The number of carboxylic acids is 1. The molecule has 1 saturated carbocycles. The predicted molar refractivity (Wildman–Crippen MR) is 76.0 cm³/mol. The van der Waals surface area contributed by atoms with E-state index in [1.165, 1.54) is 0 Å². The Kier molecular flexibility index (Phi) is 4.53. The van der Waals surface area contributed by atoms with Crippen molar-refractivity contribution in [3.05, 3.63) is 21.9 Å². The number of nitrogens with zero attached hydrogens (tertiary/aromatic N) is 1. The Hall–Kier alpha value is -1.00. The molecule has 0 radical (unpaired) electrons. The molecule has 4 nitrogen and oxygen atoms in total. The lowest BCUT2D eigenvalue weighted by Gasteiger charge is -2.28. The van der Waals surface area contributed by atoms with Crippen LogP contribution in [-0.2, 0) is 4.79 Å². The maximum atomic E-state index is 11.0. The van der Waals surface area contributed by atoms with Crippen molar-refractivity contribution in [2.75, 3.05) is 5.32 Å². The fraction of sp³-hybridized carbons (Fsp3) is 0.538. The van der Waals surface area contributed by atoms with E-state index in [2.05, 4.69) is 10.3 Å². The van der Waals surface area contributed by atoms with Gasteiger partial charge in [-0.25, -0.2) is 4.98 Å². The van der Waals surface area contributed by atoms with Crippen LogP contribution in [0.1, 0.15) is 31.2 Å². The zero-order valence-corrected chi connectivity index (χ0v) is 12.1. The first-order valence-corrected chi connectivity index (χ1v) is 7.05. The lowest BCUT2D eigenvalue weighted by atomic mass is 9.85. The summed E-state index contributed by atoms with van der Waals surface area (Å²) in [7, 11) is 0. The fourth-order valence-electron chi connectivity index (χ4n) is 2.52. The average Bonchev–Trinajstić information content (AvgIpc) is 2.34. The molecule has 2 rings (SSSR count). The van der Waals surface area contributed by atoms with Crippen LogP contribution in [0.2, 0.25) is 10.3 Å². The molecule has 1 heterocycles. The van der Waals surface area contributed by atoms with E-state index in [0.717, 1.165) is 30.5 Å². The van der Waals surface area contributed by atoms with Crippen molar-refractivity contribution in [2.45, 2.75) is 38.6 Å². The molecule has 2 unspecified atom stereocenters. The summed E-state index contributed by atoms with van der Waals surface area (Å²) in [4.78, 5) is 15.1. The van der Waals surface area contributed by atoms with E-state index in [1.54, 1.807) is 6.07 Å². The molecular weight excluding hydrogens is 287 g/mol. The van der Waals surface area contributed by atoms with Crippen LogP contribution in [-0.4, -0.2) is 22.1 Å². The SMILES string of the molecule is Cc1cc(Cl)nc(Cl)c1NC1CCCC(C(=O)O)C1. The number of hydrogen-bond acceptors (Lipinski definition) is 3. The first-order valence-electron chi connectivity index (χ1n) is 6.29. The predicted octanol–water partition coefficient (Wildman–Crippen LogP) is 3.75. The number of hydrogen-bond donors (Lipinski definition) is 2. The van der Waals surface area contributed by atoms with Crippen LogP contribution in [0.5, 0.6) is 0 Å². The van der Waals surface area contributed by atoms with E-state index < -0.39 is 5.97 Å². The van der Waals surface area contributed by atoms with Crippen molar-refractivity contribution >= 4 is 34.9 Å². The molecule has 0 spiro atoms. The second-order valence-electron chi connectivity index (χ2n) is 4.97. The Labute approximate surface area is 122 Å². The first kappa shape index (κ1) is 14.4. The van der Waals surface area contributed by atoms with Gasteiger partial charge < -0.3 is 10.4 Å². The van der Waals surface area contributed by atoms with Gasteiger partial charge in [-0.1, -0.05) is 29.6 Å². The van der Waals surface area contributed by atoms with Gasteiger partial charge in [0.2, 0.25) is 0 Å². The van der Waals surface area contributed by atoms with Gasteiger partial charge in [0, 0.05) is 6.04 Å². The van der Waals surface area contributed by atoms with Crippen molar-refractivity contribution in [1.29, 1.82) is 0 Å². The second kappa shape index (κ2) is 5.97. The van der Waals surface area contributed by atoms with Gasteiger partial charge in [0.1, 0.15) is 5.15 Å². The molecule has 1 aliphatic carbocycles. The smallest absolute Gasteiger partial charge is 0.306 e. The van der Waals surface area contributed by atoms with Crippen LogP contribution in [0.4, 0.5) is 5.69 Å². The number of aromatic nitrogens is 1. The maximum Gasteiger partial charge on any atom is 0.306 e. The van der Waals surface area contributed by atoms with Crippen molar-refractivity contribution in [3.8, 4) is 0 Å². The van der Waals surface area contributed by atoms with Gasteiger partial charge >= 0.3 is 5.97 Å². The second-order valence-corrected chi connectivity index (χ2v) is 5.72. The van der Waals surface area contributed by atoms with Crippen molar-refractivity contribution in [3.63, 3.8) is 0 Å². The number of halogens is 2. The van der Waals surface area contributed by atoms with Gasteiger partial charge in [-0.3, -0.25) is 4.79 Å². The third-order valence-corrected chi connectivity index (χ3v) is 3.98. The Balaban J connectivity index is 2.11. The molecule has 0 amide bonds. The molecule has 1 fully saturated rings. The molecule has 2 atom stereocenters. The number of anilines is 1. The number of carboxylic acid groups (broad SMARTS) is 1. The minimum atomic E-state index is -0.719.